The number of hydrogen-bond acceptors (Lipinski definition) is 3. The first-order valence-electron chi connectivity index (χ1n) is 6.22. The Kier molecular flexibility index (Phi) is 3.75. The van der Waals surface area contributed by atoms with E-state index in [1.807, 2.05) is 0 Å². The molecule has 1 aromatic heterocycles. The molecule has 2 heterocycles. The van der Waals surface area contributed by atoms with Crippen LogP contribution < -0.4 is 10.2 Å². The quantitative estimate of drug-likeness (QED) is 0.748. The zero-order valence-corrected chi connectivity index (χ0v) is 12.9. The van der Waals surface area contributed by atoms with Gasteiger partial charge in [0, 0.05) is 22.9 Å². The molecule has 7 heteroatoms. The average molecular weight is 401 g/mol. The van der Waals surface area contributed by atoms with Crippen molar-refractivity contribution >= 4 is 40.0 Å². The Balaban J connectivity index is 2.04. The van der Waals surface area contributed by atoms with Crippen molar-refractivity contribution in [3.63, 3.8) is 0 Å². The molecule has 4 nitrogen and oxygen atoms in total. The molecule has 0 atom stereocenters. The minimum atomic E-state index is -0.736. The number of rotatable bonds is 1. The summed E-state index contributed by atoms with van der Waals surface area (Å²) in [4.78, 5) is 18.1. The Morgan fingerprint density at radius 3 is 2.95 bits per heavy atom. The van der Waals surface area contributed by atoms with E-state index in [1.165, 1.54) is 4.90 Å². The summed E-state index contributed by atoms with van der Waals surface area (Å²) in [5.41, 5.74) is 0.295. The Labute approximate surface area is 133 Å². The molecule has 0 fully saturated rings. The van der Waals surface area contributed by atoms with Crippen LogP contribution >= 0.6 is 22.6 Å². The first-order valence-corrected chi connectivity index (χ1v) is 7.30. The first-order chi connectivity index (χ1) is 10.1. The lowest BCUT2D eigenvalue weighted by molar-refractivity contribution is 0.0983. The molecule has 1 aliphatic rings. The van der Waals surface area contributed by atoms with Crippen molar-refractivity contribution in [1.29, 1.82) is 0 Å². The standard InChI is InChI=1S/C14H10F2IN3O/c15-8-1-2-11(16)10(5-8)14(21)20-4-3-18-13-12(20)6-9(17)7-19-13/h1-2,5-7H,3-4H2,(H,18,19). The minimum absolute atomic E-state index is 0.276. The van der Waals surface area contributed by atoms with E-state index in [1.54, 1.807) is 12.3 Å². The molecule has 0 unspecified atom stereocenters. The van der Waals surface area contributed by atoms with Crippen LogP contribution in [0.25, 0.3) is 0 Å². The number of fused-ring (bicyclic) bond motifs is 1. The molecule has 0 saturated heterocycles. The van der Waals surface area contributed by atoms with Gasteiger partial charge in [0.1, 0.15) is 17.5 Å². The molecule has 1 N–H and O–H groups in total. The fourth-order valence-corrected chi connectivity index (χ4v) is 2.63. The van der Waals surface area contributed by atoms with Gasteiger partial charge in [-0.3, -0.25) is 4.79 Å². The monoisotopic (exact) mass is 401 g/mol. The SMILES string of the molecule is O=C(c1cc(F)ccc1F)N1CCNc2ncc(I)cc21. The number of carbonyl (C=O) groups is 1. The van der Waals surface area contributed by atoms with Gasteiger partial charge >= 0.3 is 0 Å². The van der Waals surface area contributed by atoms with Gasteiger partial charge in [-0.05, 0) is 46.9 Å². The highest BCUT2D eigenvalue weighted by molar-refractivity contribution is 14.1. The van der Waals surface area contributed by atoms with Crippen LogP contribution in [0, 0.1) is 15.2 Å². The summed E-state index contributed by atoms with van der Waals surface area (Å²) in [5, 5.41) is 3.08. The zero-order chi connectivity index (χ0) is 15.0. The molecule has 1 aliphatic heterocycles. The van der Waals surface area contributed by atoms with E-state index in [0.717, 1.165) is 21.8 Å². The Morgan fingerprint density at radius 2 is 2.14 bits per heavy atom. The Morgan fingerprint density at radius 1 is 1.33 bits per heavy atom. The predicted octanol–water partition coefficient (Wildman–Crippen LogP) is 3.04. The molecule has 108 valence electrons. The van der Waals surface area contributed by atoms with Gasteiger partial charge in [-0.2, -0.15) is 0 Å². The maximum Gasteiger partial charge on any atom is 0.261 e. The van der Waals surface area contributed by atoms with Gasteiger partial charge in [0.2, 0.25) is 0 Å². The molecule has 0 radical (unpaired) electrons. The van der Waals surface area contributed by atoms with E-state index in [9.17, 15) is 13.6 Å². The van der Waals surface area contributed by atoms with E-state index < -0.39 is 17.5 Å². The van der Waals surface area contributed by atoms with Gasteiger partial charge in [0.15, 0.2) is 0 Å². The summed E-state index contributed by atoms with van der Waals surface area (Å²) in [6.45, 7) is 0.868. The van der Waals surface area contributed by atoms with Gasteiger partial charge in [-0.1, -0.05) is 0 Å². The number of anilines is 2. The topological polar surface area (TPSA) is 45.2 Å². The number of nitrogens with one attached hydrogen (secondary N) is 1. The minimum Gasteiger partial charge on any atom is -0.367 e. The third-order valence-corrected chi connectivity index (χ3v) is 3.75. The largest absolute Gasteiger partial charge is 0.367 e. The fourth-order valence-electron chi connectivity index (χ4n) is 2.19. The lowest BCUT2D eigenvalue weighted by atomic mass is 10.1. The Bertz CT molecular complexity index is 723. The van der Waals surface area contributed by atoms with Crippen molar-refractivity contribution in [2.24, 2.45) is 0 Å². The van der Waals surface area contributed by atoms with Crippen molar-refractivity contribution in [3.8, 4) is 0 Å². The second kappa shape index (κ2) is 5.55. The number of halogens is 3. The molecular weight excluding hydrogens is 391 g/mol. The number of nitrogens with zero attached hydrogens (tertiary/aromatic N) is 2. The predicted molar refractivity (Wildman–Crippen MR) is 83.5 cm³/mol. The smallest absolute Gasteiger partial charge is 0.261 e. The van der Waals surface area contributed by atoms with Gasteiger partial charge < -0.3 is 10.2 Å². The van der Waals surface area contributed by atoms with Gasteiger partial charge in [0.05, 0.1) is 11.3 Å². The highest BCUT2D eigenvalue weighted by atomic mass is 127. The van der Waals surface area contributed by atoms with Crippen molar-refractivity contribution in [2.75, 3.05) is 23.3 Å². The number of pyridine rings is 1. The van der Waals surface area contributed by atoms with E-state index in [4.69, 9.17) is 0 Å². The average Bonchev–Trinajstić information content (AvgIpc) is 2.48. The van der Waals surface area contributed by atoms with Crippen LogP contribution in [0.2, 0.25) is 0 Å². The summed E-state index contributed by atoms with van der Waals surface area (Å²) in [6, 6.07) is 4.64. The maximum atomic E-state index is 13.8. The molecule has 21 heavy (non-hydrogen) atoms. The van der Waals surface area contributed by atoms with Crippen LogP contribution in [0.3, 0.4) is 0 Å². The van der Waals surface area contributed by atoms with Crippen molar-refractivity contribution in [3.05, 3.63) is 51.2 Å². The number of hydrogen-bond donors (Lipinski definition) is 1. The molecule has 0 spiro atoms. The van der Waals surface area contributed by atoms with Crippen molar-refractivity contribution in [1.82, 2.24) is 4.98 Å². The number of amides is 1. The first kappa shape index (κ1) is 14.2. The van der Waals surface area contributed by atoms with E-state index in [2.05, 4.69) is 32.9 Å². The summed E-state index contributed by atoms with van der Waals surface area (Å²) in [6.07, 6.45) is 1.67. The summed E-state index contributed by atoms with van der Waals surface area (Å²) < 4.78 is 27.9. The third-order valence-electron chi connectivity index (χ3n) is 3.16. The molecule has 0 saturated carbocycles. The van der Waals surface area contributed by atoms with E-state index in [-0.39, 0.29) is 5.56 Å². The highest BCUT2D eigenvalue weighted by Crippen LogP contribution is 2.30. The van der Waals surface area contributed by atoms with Crippen LogP contribution in [-0.4, -0.2) is 24.0 Å². The van der Waals surface area contributed by atoms with Crippen LogP contribution in [0.15, 0.2) is 30.5 Å². The summed E-state index contributed by atoms with van der Waals surface area (Å²) in [7, 11) is 0. The van der Waals surface area contributed by atoms with E-state index in [0.29, 0.717) is 24.6 Å². The second-order valence-electron chi connectivity index (χ2n) is 4.53. The Hall–Kier alpha value is -1.77. The van der Waals surface area contributed by atoms with Crippen molar-refractivity contribution < 1.29 is 13.6 Å². The lowest BCUT2D eigenvalue weighted by Crippen LogP contribution is -2.39. The van der Waals surface area contributed by atoms with Crippen LogP contribution in [-0.2, 0) is 0 Å². The van der Waals surface area contributed by atoms with Gasteiger partial charge in [0.25, 0.3) is 5.91 Å². The van der Waals surface area contributed by atoms with Crippen LogP contribution in [0.4, 0.5) is 20.3 Å². The molecule has 0 aliphatic carbocycles. The number of aromatic nitrogens is 1. The normalized spacial score (nSPS) is 13.6. The second-order valence-corrected chi connectivity index (χ2v) is 5.77. The van der Waals surface area contributed by atoms with Crippen molar-refractivity contribution in [2.45, 2.75) is 0 Å². The summed E-state index contributed by atoms with van der Waals surface area (Å²) >= 11 is 2.08. The lowest BCUT2D eigenvalue weighted by Gasteiger charge is -2.29. The van der Waals surface area contributed by atoms with Crippen LogP contribution in [0.1, 0.15) is 10.4 Å². The highest BCUT2D eigenvalue weighted by Gasteiger charge is 2.26. The van der Waals surface area contributed by atoms with E-state index >= 15 is 0 Å². The summed E-state index contributed by atoms with van der Waals surface area (Å²) in [5.74, 6) is -1.39. The van der Waals surface area contributed by atoms with Crippen LogP contribution in [0.5, 0.6) is 0 Å². The van der Waals surface area contributed by atoms with Gasteiger partial charge in [-0.25, -0.2) is 13.8 Å². The number of benzene rings is 1. The maximum absolute atomic E-state index is 13.8. The molecule has 0 bridgehead atoms. The molecule has 2 aromatic rings. The molecular formula is C14H10F2IN3O. The molecule has 1 amide bonds. The third kappa shape index (κ3) is 2.69. The molecule has 3 rings (SSSR count). The van der Waals surface area contributed by atoms with Gasteiger partial charge in [-0.15, -0.1) is 0 Å². The molecule has 1 aromatic carbocycles. The fraction of sp³-hybridized carbons (Fsp3) is 0.143. The zero-order valence-electron chi connectivity index (χ0n) is 10.7. The number of carbonyl (C=O) groups excluding carboxylic acids is 1.